The van der Waals surface area contributed by atoms with E-state index in [0.29, 0.717) is 5.82 Å². The number of anilines is 1. The van der Waals surface area contributed by atoms with Crippen molar-refractivity contribution in [2.75, 3.05) is 5.32 Å². The number of rotatable bonds is 2. The normalized spacial score (nSPS) is 15.2. The van der Waals surface area contributed by atoms with Gasteiger partial charge in [0.25, 0.3) is 0 Å². The largest absolute Gasteiger partial charge is 0.324 e. The summed E-state index contributed by atoms with van der Waals surface area (Å²) in [5.74, 6) is 0.562. The van der Waals surface area contributed by atoms with Gasteiger partial charge < -0.3 is 5.32 Å². The van der Waals surface area contributed by atoms with Gasteiger partial charge in [-0.15, -0.1) is 0 Å². The van der Waals surface area contributed by atoms with Crippen LogP contribution in [0.1, 0.15) is 32.1 Å². The summed E-state index contributed by atoms with van der Waals surface area (Å²) in [7, 11) is 0. The smallest absolute Gasteiger partial charge is 0.314 e. The number of carbonyl (C=O) groups excluding carboxylic acids is 1. The number of amides is 2. The highest BCUT2D eigenvalue weighted by Gasteiger charge is 2.06. The Morgan fingerprint density at radius 1 is 1.24 bits per heavy atom. The maximum atomic E-state index is 11.5. The molecule has 1 fully saturated rings. The van der Waals surface area contributed by atoms with Crippen molar-refractivity contribution in [3.05, 3.63) is 36.2 Å². The molecule has 1 aromatic heterocycles. The molecule has 0 radical (unpaired) electrons. The predicted octanol–water partition coefficient (Wildman–Crippen LogP) is 3.05. The Morgan fingerprint density at radius 3 is 2.76 bits per heavy atom. The number of nitrogens with one attached hydrogen (secondary N) is 2. The Kier molecular flexibility index (Phi) is 4.13. The van der Waals surface area contributed by atoms with Gasteiger partial charge in [0.2, 0.25) is 0 Å². The topological polar surface area (TPSA) is 54.0 Å². The standard InChI is InChI=1S/C13H17N3O/c17-13(16-12-8-4-5-9-14-12)15-10-11-6-2-1-3-7-11/h4-5,8-10H,1-3,6-7H2,(H2,14,15,16,17). The maximum absolute atomic E-state index is 11.5. The van der Waals surface area contributed by atoms with E-state index in [1.807, 2.05) is 18.3 Å². The number of hydrogen-bond donors (Lipinski definition) is 2. The van der Waals surface area contributed by atoms with Gasteiger partial charge in [0.1, 0.15) is 5.82 Å². The molecule has 4 nitrogen and oxygen atoms in total. The van der Waals surface area contributed by atoms with Crippen LogP contribution >= 0.6 is 0 Å². The van der Waals surface area contributed by atoms with E-state index in [9.17, 15) is 4.79 Å². The molecule has 0 unspecified atom stereocenters. The number of aromatic nitrogens is 1. The van der Waals surface area contributed by atoms with Crippen molar-refractivity contribution in [3.8, 4) is 0 Å². The van der Waals surface area contributed by atoms with E-state index >= 15 is 0 Å². The van der Waals surface area contributed by atoms with Gasteiger partial charge in [0, 0.05) is 12.4 Å². The number of nitrogens with zero attached hydrogens (tertiary/aromatic N) is 1. The Hall–Kier alpha value is -1.84. The SMILES string of the molecule is O=C(NC=C1CCCCC1)Nc1ccccn1. The number of urea groups is 1. The molecule has 0 aliphatic heterocycles. The second-order valence-electron chi connectivity index (χ2n) is 4.18. The van der Waals surface area contributed by atoms with Crippen LogP contribution in [0.15, 0.2) is 36.2 Å². The molecule has 1 aromatic rings. The average Bonchev–Trinajstić information content (AvgIpc) is 2.39. The van der Waals surface area contributed by atoms with Crippen molar-refractivity contribution < 1.29 is 4.79 Å². The summed E-state index contributed by atoms with van der Waals surface area (Å²) in [5, 5.41) is 5.42. The van der Waals surface area contributed by atoms with E-state index in [-0.39, 0.29) is 6.03 Å². The van der Waals surface area contributed by atoms with E-state index in [4.69, 9.17) is 0 Å². The molecule has 4 heteroatoms. The number of pyridine rings is 1. The first-order valence-electron chi connectivity index (χ1n) is 6.01. The van der Waals surface area contributed by atoms with E-state index in [1.165, 1.54) is 24.8 Å². The molecule has 1 heterocycles. The summed E-state index contributed by atoms with van der Waals surface area (Å²) in [6, 6.07) is 5.17. The van der Waals surface area contributed by atoms with Crippen LogP contribution < -0.4 is 10.6 Å². The molecule has 0 saturated heterocycles. The van der Waals surface area contributed by atoms with Gasteiger partial charge >= 0.3 is 6.03 Å². The van der Waals surface area contributed by atoms with Crippen LogP contribution in [0.2, 0.25) is 0 Å². The average molecular weight is 231 g/mol. The molecule has 2 N–H and O–H groups in total. The van der Waals surface area contributed by atoms with Crippen LogP contribution in [0.4, 0.5) is 10.6 Å². The van der Waals surface area contributed by atoms with Gasteiger partial charge in [-0.25, -0.2) is 9.78 Å². The molecule has 1 saturated carbocycles. The second kappa shape index (κ2) is 6.03. The van der Waals surface area contributed by atoms with Gasteiger partial charge in [0.05, 0.1) is 0 Å². The minimum Gasteiger partial charge on any atom is -0.314 e. The summed E-state index contributed by atoms with van der Waals surface area (Å²) < 4.78 is 0. The number of allylic oxidation sites excluding steroid dienone is 1. The summed E-state index contributed by atoms with van der Waals surface area (Å²) in [4.78, 5) is 15.6. The molecule has 2 rings (SSSR count). The molecule has 1 aliphatic carbocycles. The minimum absolute atomic E-state index is 0.234. The molecular formula is C13H17N3O. The summed E-state index contributed by atoms with van der Waals surface area (Å²) in [6.07, 6.45) is 9.45. The van der Waals surface area contributed by atoms with Crippen LogP contribution in [0, 0.1) is 0 Å². The second-order valence-corrected chi connectivity index (χ2v) is 4.18. The molecule has 17 heavy (non-hydrogen) atoms. The molecule has 90 valence electrons. The Labute approximate surface area is 101 Å². The van der Waals surface area contributed by atoms with Crippen molar-refractivity contribution in [2.45, 2.75) is 32.1 Å². The fourth-order valence-electron chi connectivity index (χ4n) is 1.91. The van der Waals surface area contributed by atoms with Crippen LogP contribution in [-0.4, -0.2) is 11.0 Å². The van der Waals surface area contributed by atoms with Crippen LogP contribution in [0.25, 0.3) is 0 Å². The van der Waals surface area contributed by atoms with Gasteiger partial charge in [-0.05, 0) is 37.8 Å². The Bertz CT molecular complexity index is 392. The zero-order valence-electron chi connectivity index (χ0n) is 9.78. The molecule has 2 amide bonds. The number of hydrogen-bond acceptors (Lipinski definition) is 2. The summed E-state index contributed by atoms with van der Waals surface area (Å²) in [6.45, 7) is 0. The van der Waals surface area contributed by atoms with E-state index in [2.05, 4.69) is 15.6 Å². The van der Waals surface area contributed by atoms with Crippen molar-refractivity contribution in [2.24, 2.45) is 0 Å². The summed E-state index contributed by atoms with van der Waals surface area (Å²) >= 11 is 0. The molecule has 0 atom stereocenters. The molecule has 0 spiro atoms. The zero-order valence-corrected chi connectivity index (χ0v) is 9.78. The highest BCUT2D eigenvalue weighted by atomic mass is 16.2. The lowest BCUT2D eigenvalue weighted by Crippen LogP contribution is -2.25. The highest BCUT2D eigenvalue weighted by Crippen LogP contribution is 2.21. The lowest BCUT2D eigenvalue weighted by Gasteiger charge is -2.13. The quantitative estimate of drug-likeness (QED) is 0.822. The highest BCUT2D eigenvalue weighted by molar-refractivity contribution is 5.88. The fraction of sp³-hybridized carbons (Fsp3) is 0.385. The first-order chi connectivity index (χ1) is 8.34. The van der Waals surface area contributed by atoms with E-state index in [1.54, 1.807) is 12.3 Å². The molecular weight excluding hydrogens is 214 g/mol. The first-order valence-corrected chi connectivity index (χ1v) is 6.01. The molecule has 0 aromatic carbocycles. The third kappa shape index (κ3) is 3.90. The molecule has 1 aliphatic rings. The first kappa shape index (κ1) is 11.6. The third-order valence-corrected chi connectivity index (χ3v) is 2.81. The Morgan fingerprint density at radius 2 is 2.06 bits per heavy atom. The van der Waals surface area contributed by atoms with E-state index < -0.39 is 0 Å². The van der Waals surface area contributed by atoms with Gasteiger partial charge in [0.15, 0.2) is 0 Å². The van der Waals surface area contributed by atoms with Crippen molar-refractivity contribution >= 4 is 11.8 Å². The minimum atomic E-state index is -0.234. The summed E-state index contributed by atoms with van der Waals surface area (Å²) in [5.41, 5.74) is 1.33. The monoisotopic (exact) mass is 231 g/mol. The number of carbonyl (C=O) groups is 1. The van der Waals surface area contributed by atoms with E-state index in [0.717, 1.165) is 12.8 Å². The maximum Gasteiger partial charge on any atom is 0.324 e. The molecule has 0 bridgehead atoms. The van der Waals surface area contributed by atoms with Crippen molar-refractivity contribution in [3.63, 3.8) is 0 Å². The lowest BCUT2D eigenvalue weighted by molar-refractivity contribution is 0.255. The van der Waals surface area contributed by atoms with Crippen molar-refractivity contribution in [1.29, 1.82) is 0 Å². The van der Waals surface area contributed by atoms with Crippen LogP contribution in [0.3, 0.4) is 0 Å². The Balaban J connectivity index is 1.81. The van der Waals surface area contributed by atoms with Crippen molar-refractivity contribution in [1.82, 2.24) is 10.3 Å². The van der Waals surface area contributed by atoms with Gasteiger partial charge in [-0.1, -0.05) is 18.1 Å². The predicted molar refractivity (Wildman–Crippen MR) is 67.6 cm³/mol. The van der Waals surface area contributed by atoms with Crippen LogP contribution in [0.5, 0.6) is 0 Å². The van der Waals surface area contributed by atoms with Crippen LogP contribution in [-0.2, 0) is 0 Å². The third-order valence-electron chi connectivity index (χ3n) is 2.81. The van der Waals surface area contributed by atoms with Gasteiger partial charge in [-0.2, -0.15) is 0 Å². The lowest BCUT2D eigenvalue weighted by atomic mass is 9.96. The fourth-order valence-corrected chi connectivity index (χ4v) is 1.91. The zero-order chi connectivity index (χ0) is 11.9. The van der Waals surface area contributed by atoms with Gasteiger partial charge in [-0.3, -0.25) is 5.32 Å².